The Bertz CT molecular complexity index is 672. The topological polar surface area (TPSA) is 125 Å². The zero-order chi connectivity index (χ0) is 14.8. The summed E-state index contributed by atoms with van der Waals surface area (Å²) in [5.41, 5.74) is 6.83. The SMILES string of the molecule is Nc1nc(OC2CC2)c2ncn(CCOC[PH](=O)O)c2n1. The van der Waals surface area contributed by atoms with E-state index < -0.39 is 8.03 Å². The normalized spacial score (nSPS) is 16.2. The number of ether oxygens (including phenoxy) is 2. The van der Waals surface area contributed by atoms with E-state index in [2.05, 4.69) is 15.0 Å². The molecule has 0 aromatic carbocycles. The second kappa shape index (κ2) is 5.97. The fraction of sp³-hybridized carbons (Fsp3) is 0.545. The number of nitrogens with zero attached hydrogens (tertiary/aromatic N) is 4. The van der Waals surface area contributed by atoms with Crippen molar-refractivity contribution in [3.05, 3.63) is 6.33 Å². The molecule has 114 valence electrons. The summed E-state index contributed by atoms with van der Waals surface area (Å²) >= 11 is 0. The lowest BCUT2D eigenvalue weighted by molar-refractivity contribution is 0.163. The first-order chi connectivity index (χ1) is 10.1. The van der Waals surface area contributed by atoms with Gasteiger partial charge in [0, 0.05) is 6.54 Å². The molecule has 1 atom stereocenters. The van der Waals surface area contributed by atoms with Crippen molar-refractivity contribution in [1.29, 1.82) is 0 Å². The highest BCUT2D eigenvalue weighted by Crippen LogP contribution is 2.29. The number of nitrogen functional groups attached to an aromatic ring is 1. The molecule has 10 heteroatoms. The van der Waals surface area contributed by atoms with E-state index in [0.717, 1.165) is 12.8 Å². The zero-order valence-corrected chi connectivity index (χ0v) is 12.2. The fourth-order valence-corrected chi connectivity index (χ4v) is 2.17. The van der Waals surface area contributed by atoms with Gasteiger partial charge in [0.1, 0.15) is 12.5 Å². The van der Waals surface area contributed by atoms with Crippen LogP contribution in [0.2, 0.25) is 0 Å². The number of rotatable bonds is 7. The van der Waals surface area contributed by atoms with Gasteiger partial charge in [-0.15, -0.1) is 0 Å². The maximum absolute atomic E-state index is 10.6. The summed E-state index contributed by atoms with van der Waals surface area (Å²) in [6, 6.07) is 0. The lowest BCUT2D eigenvalue weighted by Crippen LogP contribution is -2.08. The molecular weight excluding hydrogens is 297 g/mol. The zero-order valence-electron chi connectivity index (χ0n) is 11.2. The third-order valence-electron chi connectivity index (χ3n) is 2.95. The average molecular weight is 313 g/mol. The molecule has 1 aliphatic rings. The minimum absolute atomic E-state index is 0.126. The molecule has 1 fully saturated rings. The van der Waals surface area contributed by atoms with Crippen molar-refractivity contribution in [3.63, 3.8) is 0 Å². The molecule has 0 saturated heterocycles. The predicted octanol–water partition coefficient (Wildman–Crippen LogP) is 0.391. The van der Waals surface area contributed by atoms with Crippen LogP contribution in [0.3, 0.4) is 0 Å². The van der Waals surface area contributed by atoms with E-state index in [9.17, 15) is 4.57 Å². The molecular formula is C11H16N5O4P. The first-order valence-corrected chi connectivity index (χ1v) is 8.14. The molecule has 1 unspecified atom stereocenters. The van der Waals surface area contributed by atoms with Crippen molar-refractivity contribution in [2.45, 2.75) is 25.5 Å². The fourth-order valence-electron chi connectivity index (χ4n) is 1.85. The van der Waals surface area contributed by atoms with Gasteiger partial charge in [-0.3, -0.25) is 4.57 Å². The Balaban J connectivity index is 1.76. The molecule has 0 aliphatic heterocycles. The van der Waals surface area contributed by atoms with Crippen LogP contribution in [0.1, 0.15) is 12.8 Å². The molecule has 3 N–H and O–H groups in total. The Morgan fingerprint density at radius 3 is 3.00 bits per heavy atom. The van der Waals surface area contributed by atoms with Crippen molar-refractivity contribution in [2.24, 2.45) is 0 Å². The van der Waals surface area contributed by atoms with Crippen LogP contribution < -0.4 is 10.5 Å². The van der Waals surface area contributed by atoms with Crippen LogP contribution in [-0.2, 0) is 15.8 Å². The monoisotopic (exact) mass is 313 g/mol. The Morgan fingerprint density at radius 1 is 1.48 bits per heavy atom. The second-order valence-electron chi connectivity index (χ2n) is 4.76. The summed E-state index contributed by atoms with van der Waals surface area (Å²) in [5, 5.41) is 0. The van der Waals surface area contributed by atoms with E-state index in [1.54, 1.807) is 10.9 Å². The Kier molecular flexibility index (Phi) is 4.05. The largest absolute Gasteiger partial charge is 0.473 e. The number of imidazole rings is 1. The van der Waals surface area contributed by atoms with E-state index in [0.29, 0.717) is 23.6 Å². The van der Waals surface area contributed by atoms with Crippen LogP contribution in [0.4, 0.5) is 5.95 Å². The number of aromatic nitrogens is 4. The maximum atomic E-state index is 10.6. The van der Waals surface area contributed by atoms with Gasteiger partial charge >= 0.3 is 0 Å². The molecule has 3 rings (SSSR count). The van der Waals surface area contributed by atoms with Gasteiger partial charge in [-0.25, -0.2) is 4.98 Å². The van der Waals surface area contributed by atoms with Crippen LogP contribution in [0.5, 0.6) is 5.88 Å². The molecule has 21 heavy (non-hydrogen) atoms. The highest BCUT2D eigenvalue weighted by Gasteiger charge is 2.26. The first-order valence-electron chi connectivity index (χ1n) is 6.58. The number of anilines is 1. The summed E-state index contributed by atoms with van der Waals surface area (Å²) in [4.78, 5) is 21.2. The third-order valence-corrected chi connectivity index (χ3v) is 3.41. The summed E-state index contributed by atoms with van der Waals surface area (Å²) in [7, 11) is -2.60. The van der Waals surface area contributed by atoms with Gasteiger partial charge in [0.25, 0.3) is 0 Å². The molecule has 0 radical (unpaired) electrons. The first kappa shape index (κ1) is 14.2. The predicted molar refractivity (Wildman–Crippen MR) is 75.4 cm³/mol. The second-order valence-corrected chi connectivity index (χ2v) is 5.84. The summed E-state index contributed by atoms with van der Waals surface area (Å²) in [5.74, 6) is 0.529. The van der Waals surface area contributed by atoms with Crippen LogP contribution in [0, 0.1) is 0 Å². The van der Waals surface area contributed by atoms with Gasteiger partial charge in [-0.05, 0) is 12.8 Å². The highest BCUT2D eigenvalue weighted by molar-refractivity contribution is 7.37. The molecule has 1 saturated carbocycles. The lowest BCUT2D eigenvalue weighted by Gasteiger charge is -2.07. The van der Waals surface area contributed by atoms with E-state index in [1.807, 2.05) is 0 Å². The molecule has 9 nitrogen and oxygen atoms in total. The quantitative estimate of drug-likeness (QED) is 0.555. The molecule has 0 bridgehead atoms. The summed E-state index contributed by atoms with van der Waals surface area (Å²) in [6.45, 7) is 0.732. The summed E-state index contributed by atoms with van der Waals surface area (Å²) < 4.78 is 23.1. The summed E-state index contributed by atoms with van der Waals surface area (Å²) in [6.07, 6.45) is 3.67. The minimum Gasteiger partial charge on any atom is -0.473 e. The number of fused-ring (bicyclic) bond motifs is 1. The van der Waals surface area contributed by atoms with Crippen molar-refractivity contribution in [3.8, 4) is 5.88 Å². The average Bonchev–Trinajstić information content (AvgIpc) is 3.14. The van der Waals surface area contributed by atoms with Crippen LogP contribution in [-0.4, -0.2) is 43.5 Å². The van der Waals surface area contributed by atoms with Crippen LogP contribution in [0.15, 0.2) is 6.33 Å². The van der Waals surface area contributed by atoms with Gasteiger partial charge in [-0.1, -0.05) is 0 Å². The van der Waals surface area contributed by atoms with E-state index in [4.69, 9.17) is 20.1 Å². The van der Waals surface area contributed by atoms with Crippen molar-refractivity contribution < 1.29 is 18.9 Å². The lowest BCUT2D eigenvalue weighted by atomic mass is 10.5. The maximum Gasteiger partial charge on any atom is 0.247 e. The van der Waals surface area contributed by atoms with E-state index in [-0.39, 0.29) is 25.0 Å². The molecule has 2 aromatic rings. The van der Waals surface area contributed by atoms with Crippen molar-refractivity contribution in [2.75, 3.05) is 18.7 Å². The molecule has 0 amide bonds. The van der Waals surface area contributed by atoms with E-state index >= 15 is 0 Å². The van der Waals surface area contributed by atoms with Gasteiger partial charge < -0.3 is 24.7 Å². The minimum atomic E-state index is -2.60. The Labute approximate surface area is 121 Å². The van der Waals surface area contributed by atoms with Gasteiger partial charge in [0.2, 0.25) is 19.9 Å². The highest BCUT2D eigenvalue weighted by atomic mass is 31.1. The van der Waals surface area contributed by atoms with E-state index in [1.165, 1.54) is 0 Å². The Morgan fingerprint density at radius 2 is 2.29 bits per heavy atom. The van der Waals surface area contributed by atoms with Gasteiger partial charge in [-0.2, -0.15) is 9.97 Å². The van der Waals surface area contributed by atoms with Gasteiger partial charge in [0.15, 0.2) is 11.2 Å². The Hall–Kier alpha value is -1.70. The van der Waals surface area contributed by atoms with Gasteiger partial charge in [0.05, 0.1) is 12.9 Å². The number of hydrogen-bond acceptors (Lipinski definition) is 7. The smallest absolute Gasteiger partial charge is 0.247 e. The third kappa shape index (κ3) is 3.49. The van der Waals surface area contributed by atoms with Crippen molar-refractivity contribution >= 4 is 25.1 Å². The molecule has 0 spiro atoms. The van der Waals surface area contributed by atoms with Crippen LogP contribution in [0.25, 0.3) is 11.2 Å². The van der Waals surface area contributed by atoms with Crippen molar-refractivity contribution in [1.82, 2.24) is 19.5 Å². The number of nitrogens with two attached hydrogens (primary N) is 1. The molecule has 2 aromatic heterocycles. The van der Waals surface area contributed by atoms with Crippen LogP contribution >= 0.6 is 8.03 Å². The number of hydrogen-bond donors (Lipinski definition) is 2. The molecule has 1 aliphatic carbocycles. The molecule has 2 heterocycles. The standard InChI is InChI=1S/C11H16N5O4P/c12-11-14-9-8(10(15-11)20-7-1-2-7)13-5-16(9)3-4-19-6-21(17)18/h5,7,21H,1-4,6H2,(H,17,18)(H2,12,14,15).